The van der Waals surface area contributed by atoms with Gasteiger partial charge in [-0.15, -0.1) is 0 Å². The monoisotopic (exact) mass is 264 g/mol. The number of benzene rings is 1. The molecule has 2 rings (SSSR count). The molecule has 0 saturated heterocycles. The molecule has 0 atom stereocenters. The number of nitrogens with zero attached hydrogens (tertiary/aromatic N) is 1. The summed E-state index contributed by atoms with van der Waals surface area (Å²) >= 11 is 0. The molecule has 0 aliphatic heterocycles. The third-order valence-electron chi connectivity index (χ3n) is 3.71. The number of nitrogens with one attached hydrogen (secondary N) is 1. The third-order valence-corrected chi connectivity index (χ3v) is 3.71. The van der Waals surface area contributed by atoms with Gasteiger partial charge in [-0.3, -0.25) is 4.90 Å². The molecule has 0 unspecified atom stereocenters. The maximum absolute atomic E-state index is 13.9. The van der Waals surface area contributed by atoms with Gasteiger partial charge in [0, 0.05) is 24.7 Å². The Kier molecular flexibility index (Phi) is 5.34. The highest BCUT2D eigenvalue weighted by atomic mass is 19.1. The largest absolute Gasteiger partial charge is 0.313 e. The zero-order chi connectivity index (χ0) is 13.7. The zero-order valence-corrected chi connectivity index (χ0v) is 12.1. The Morgan fingerprint density at radius 2 is 2.11 bits per heavy atom. The molecule has 0 aromatic heterocycles. The van der Waals surface area contributed by atoms with E-state index in [1.54, 1.807) is 6.07 Å². The molecule has 1 aliphatic rings. The highest BCUT2D eigenvalue weighted by Crippen LogP contribution is 2.28. The first-order valence-electron chi connectivity index (χ1n) is 7.46. The molecular formula is C16H25FN2. The lowest BCUT2D eigenvalue weighted by atomic mass is 10.1. The first-order valence-corrected chi connectivity index (χ1v) is 7.46. The zero-order valence-electron chi connectivity index (χ0n) is 12.1. The second-order valence-electron chi connectivity index (χ2n) is 5.40. The van der Waals surface area contributed by atoms with Crippen LogP contribution in [0.3, 0.4) is 0 Å². The first-order chi connectivity index (χ1) is 9.24. The fourth-order valence-corrected chi connectivity index (χ4v) is 2.43. The van der Waals surface area contributed by atoms with E-state index >= 15 is 0 Å². The minimum absolute atomic E-state index is 0.0710. The van der Waals surface area contributed by atoms with Crippen molar-refractivity contribution in [1.29, 1.82) is 0 Å². The molecule has 0 radical (unpaired) electrons. The first kappa shape index (κ1) is 14.5. The molecular weight excluding hydrogens is 239 g/mol. The molecule has 2 nitrogen and oxygen atoms in total. The van der Waals surface area contributed by atoms with Crippen molar-refractivity contribution in [2.45, 2.75) is 52.2 Å². The Hall–Kier alpha value is -0.930. The summed E-state index contributed by atoms with van der Waals surface area (Å²) in [4.78, 5) is 2.38. The summed E-state index contributed by atoms with van der Waals surface area (Å²) in [6, 6.07) is 6.20. The minimum atomic E-state index is -0.0710. The van der Waals surface area contributed by atoms with E-state index in [0.29, 0.717) is 6.04 Å². The molecule has 0 amide bonds. The van der Waals surface area contributed by atoms with Gasteiger partial charge >= 0.3 is 0 Å². The number of halogens is 1. The van der Waals surface area contributed by atoms with E-state index in [9.17, 15) is 4.39 Å². The average molecular weight is 264 g/mol. The summed E-state index contributed by atoms with van der Waals surface area (Å²) < 4.78 is 13.9. The summed E-state index contributed by atoms with van der Waals surface area (Å²) in [6.07, 6.45) is 3.67. The molecule has 1 saturated carbocycles. The molecule has 0 heterocycles. The minimum Gasteiger partial charge on any atom is -0.313 e. The van der Waals surface area contributed by atoms with Crippen molar-refractivity contribution < 1.29 is 4.39 Å². The Bertz CT molecular complexity index is 402. The van der Waals surface area contributed by atoms with Crippen LogP contribution in [-0.2, 0) is 13.1 Å². The van der Waals surface area contributed by atoms with Crippen molar-refractivity contribution in [2.75, 3.05) is 13.1 Å². The smallest absolute Gasteiger partial charge is 0.127 e. The van der Waals surface area contributed by atoms with Crippen molar-refractivity contribution >= 4 is 0 Å². The molecule has 1 aliphatic carbocycles. The highest BCUT2D eigenvalue weighted by molar-refractivity contribution is 5.25. The van der Waals surface area contributed by atoms with Crippen LogP contribution in [0.1, 0.15) is 44.2 Å². The van der Waals surface area contributed by atoms with Crippen LogP contribution in [0, 0.1) is 5.82 Å². The van der Waals surface area contributed by atoms with Crippen LogP contribution in [0.5, 0.6) is 0 Å². The van der Waals surface area contributed by atoms with Gasteiger partial charge < -0.3 is 5.32 Å². The predicted molar refractivity (Wildman–Crippen MR) is 77.5 cm³/mol. The van der Waals surface area contributed by atoms with E-state index < -0.39 is 0 Å². The molecule has 1 N–H and O–H groups in total. The average Bonchev–Trinajstić information content (AvgIpc) is 3.24. The summed E-state index contributed by atoms with van der Waals surface area (Å²) in [6.45, 7) is 7.89. The number of hydrogen-bond donors (Lipinski definition) is 1. The van der Waals surface area contributed by atoms with E-state index in [-0.39, 0.29) is 5.82 Å². The Morgan fingerprint density at radius 1 is 1.32 bits per heavy atom. The van der Waals surface area contributed by atoms with E-state index in [0.717, 1.165) is 38.2 Å². The van der Waals surface area contributed by atoms with Crippen LogP contribution >= 0.6 is 0 Å². The maximum atomic E-state index is 13.9. The lowest BCUT2D eigenvalue weighted by molar-refractivity contribution is 0.265. The Labute approximate surface area is 116 Å². The van der Waals surface area contributed by atoms with Crippen molar-refractivity contribution in [2.24, 2.45) is 0 Å². The molecule has 1 aromatic carbocycles. The number of rotatable bonds is 8. The second-order valence-corrected chi connectivity index (χ2v) is 5.40. The lowest BCUT2D eigenvalue weighted by Crippen LogP contribution is -2.25. The predicted octanol–water partition coefficient (Wildman–Crippen LogP) is 3.31. The second kappa shape index (κ2) is 7.01. The van der Waals surface area contributed by atoms with Gasteiger partial charge in [0.05, 0.1) is 0 Å². The van der Waals surface area contributed by atoms with Gasteiger partial charge in [-0.2, -0.15) is 0 Å². The van der Waals surface area contributed by atoms with Gasteiger partial charge in [0.2, 0.25) is 0 Å². The quantitative estimate of drug-likeness (QED) is 0.725. The van der Waals surface area contributed by atoms with Gasteiger partial charge in [-0.05, 0) is 44.0 Å². The maximum Gasteiger partial charge on any atom is 0.127 e. The lowest BCUT2D eigenvalue weighted by Gasteiger charge is -2.20. The SMILES string of the molecule is CCCNCc1ccc(F)c(CN(CC)C2CC2)c1. The molecule has 0 bridgehead atoms. The summed E-state index contributed by atoms with van der Waals surface area (Å²) in [5.74, 6) is -0.0710. The van der Waals surface area contributed by atoms with Crippen molar-refractivity contribution in [1.82, 2.24) is 10.2 Å². The van der Waals surface area contributed by atoms with Gasteiger partial charge in [0.15, 0.2) is 0 Å². The summed E-state index contributed by atoms with van der Waals surface area (Å²) in [7, 11) is 0. The summed E-state index contributed by atoms with van der Waals surface area (Å²) in [5, 5.41) is 3.36. The molecule has 1 fully saturated rings. The van der Waals surface area contributed by atoms with Crippen LogP contribution in [0.4, 0.5) is 4.39 Å². The molecule has 19 heavy (non-hydrogen) atoms. The van der Waals surface area contributed by atoms with E-state index in [1.165, 1.54) is 18.4 Å². The third kappa shape index (κ3) is 4.29. The van der Waals surface area contributed by atoms with Crippen LogP contribution in [-0.4, -0.2) is 24.0 Å². The molecule has 0 spiro atoms. The highest BCUT2D eigenvalue weighted by Gasteiger charge is 2.28. The van der Waals surface area contributed by atoms with Gasteiger partial charge in [0.1, 0.15) is 5.82 Å². The van der Waals surface area contributed by atoms with E-state index in [4.69, 9.17) is 0 Å². The Balaban J connectivity index is 1.99. The van der Waals surface area contributed by atoms with Gasteiger partial charge in [-0.1, -0.05) is 26.0 Å². The topological polar surface area (TPSA) is 15.3 Å². The van der Waals surface area contributed by atoms with E-state index in [1.807, 2.05) is 12.1 Å². The fraction of sp³-hybridized carbons (Fsp3) is 0.625. The van der Waals surface area contributed by atoms with Crippen LogP contribution in [0.15, 0.2) is 18.2 Å². The van der Waals surface area contributed by atoms with Gasteiger partial charge in [-0.25, -0.2) is 4.39 Å². The number of hydrogen-bond acceptors (Lipinski definition) is 2. The normalized spacial score (nSPS) is 15.2. The Morgan fingerprint density at radius 3 is 2.74 bits per heavy atom. The molecule has 3 heteroatoms. The fourth-order valence-electron chi connectivity index (χ4n) is 2.43. The molecule has 106 valence electrons. The summed E-state index contributed by atoms with van der Waals surface area (Å²) in [5.41, 5.74) is 2.02. The van der Waals surface area contributed by atoms with Crippen LogP contribution in [0.2, 0.25) is 0 Å². The van der Waals surface area contributed by atoms with Crippen LogP contribution < -0.4 is 5.32 Å². The van der Waals surface area contributed by atoms with Crippen molar-refractivity contribution in [3.63, 3.8) is 0 Å². The molecule has 1 aromatic rings. The van der Waals surface area contributed by atoms with Gasteiger partial charge in [0.25, 0.3) is 0 Å². The van der Waals surface area contributed by atoms with Crippen molar-refractivity contribution in [3.8, 4) is 0 Å². The van der Waals surface area contributed by atoms with Crippen LogP contribution in [0.25, 0.3) is 0 Å². The van der Waals surface area contributed by atoms with Crippen molar-refractivity contribution in [3.05, 3.63) is 35.1 Å². The standard InChI is InChI=1S/C16H25FN2/c1-3-9-18-11-13-5-8-16(17)14(10-13)12-19(4-2)15-6-7-15/h5,8,10,15,18H,3-4,6-7,9,11-12H2,1-2H3. The van der Waals surface area contributed by atoms with E-state index in [2.05, 4.69) is 24.1 Å².